The molecule has 0 bridgehead atoms. The van der Waals surface area contributed by atoms with Crippen LogP contribution in [0, 0.1) is 0 Å². The van der Waals surface area contributed by atoms with Crippen LogP contribution < -0.4 is 15.4 Å². The number of hydrogen-bond donors (Lipinski definition) is 2. The van der Waals surface area contributed by atoms with E-state index in [4.69, 9.17) is 9.72 Å². The summed E-state index contributed by atoms with van der Waals surface area (Å²) in [5.74, 6) is 1.65. The van der Waals surface area contributed by atoms with E-state index in [-0.39, 0.29) is 0 Å². The van der Waals surface area contributed by atoms with Crippen molar-refractivity contribution < 1.29 is 4.74 Å². The molecule has 2 aromatic carbocycles. The van der Waals surface area contributed by atoms with E-state index in [1.165, 1.54) is 5.56 Å². The normalized spacial score (nSPS) is 11.3. The molecule has 5 nitrogen and oxygen atoms in total. The second-order valence-electron chi connectivity index (χ2n) is 5.96. The Morgan fingerprint density at radius 1 is 1.07 bits per heavy atom. The molecule has 0 spiro atoms. The predicted molar refractivity (Wildman–Crippen MR) is 112 cm³/mol. The molecule has 140 valence electrons. The Balaban J connectivity index is 1.46. The fourth-order valence-corrected chi connectivity index (χ4v) is 3.44. The molecule has 1 aromatic heterocycles. The van der Waals surface area contributed by atoms with E-state index in [0.29, 0.717) is 6.54 Å². The van der Waals surface area contributed by atoms with Crippen LogP contribution in [0.5, 0.6) is 5.75 Å². The third kappa shape index (κ3) is 5.56. The molecule has 0 amide bonds. The molecular formula is C21H24N4OS. The van der Waals surface area contributed by atoms with Crippen molar-refractivity contribution in [1.29, 1.82) is 0 Å². The number of methoxy groups -OCH3 is 1. The average molecular weight is 381 g/mol. The first-order valence-electron chi connectivity index (χ1n) is 8.86. The first-order chi connectivity index (χ1) is 13.3. The third-order valence-corrected chi connectivity index (χ3v) is 5.04. The van der Waals surface area contributed by atoms with Crippen molar-refractivity contribution in [1.82, 2.24) is 15.6 Å². The fourth-order valence-electron chi connectivity index (χ4n) is 2.61. The summed E-state index contributed by atoms with van der Waals surface area (Å²) in [4.78, 5) is 8.97. The van der Waals surface area contributed by atoms with Gasteiger partial charge in [0, 0.05) is 24.5 Å². The first kappa shape index (κ1) is 18.9. The van der Waals surface area contributed by atoms with E-state index in [1.54, 1.807) is 25.5 Å². The van der Waals surface area contributed by atoms with Crippen LogP contribution in [0.15, 0.2) is 65.0 Å². The van der Waals surface area contributed by atoms with Crippen molar-refractivity contribution in [2.45, 2.75) is 13.0 Å². The molecule has 0 saturated heterocycles. The number of ether oxygens (including phenoxy) is 1. The Kier molecular flexibility index (Phi) is 6.82. The van der Waals surface area contributed by atoms with E-state index in [2.05, 4.69) is 45.3 Å². The second kappa shape index (κ2) is 9.73. The van der Waals surface area contributed by atoms with E-state index in [9.17, 15) is 0 Å². The lowest BCUT2D eigenvalue weighted by atomic mass is 10.1. The Morgan fingerprint density at radius 2 is 1.85 bits per heavy atom. The fraction of sp³-hybridized carbons (Fsp3) is 0.238. The van der Waals surface area contributed by atoms with Gasteiger partial charge in [0.1, 0.15) is 10.8 Å². The predicted octanol–water partition coefficient (Wildman–Crippen LogP) is 3.73. The average Bonchev–Trinajstić information content (AvgIpc) is 3.21. The highest BCUT2D eigenvalue weighted by Crippen LogP contribution is 2.23. The smallest absolute Gasteiger partial charge is 0.191 e. The molecule has 3 aromatic rings. The van der Waals surface area contributed by atoms with Crippen LogP contribution in [-0.4, -0.2) is 31.6 Å². The quantitative estimate of drug-likeness (QED) is 0.484. The number of aromatic nitrogens is 1. The highest BCUT2D eigenvalue weighted by molar-refractivity contribution is 7.13. The van der Waals surface area contributed by atoms with Crippen LogP contribution in [0.1, 0.15) is 11.3 Å². The number of rotatable bonds is 7. The summed E-state index contributed by atoms with van der Waals surface area (Å²) >= 11 is 1.66. The topological polar surface area (TPSA) is 58.5 Å². The molecule has 2 N–H and O–H groups in total. The van der Waals surface area contributed by atoms with Crippen molar-refractivity contribution >= 4 is 17.3 Å². The van der Waals surface area contributed by atoms with Gasteiger partial charge < -0.3 is 15.4 Å². The van der Waals surface area contributed by atoms with E-state index in [1.807, 2.05) is 30.3 Å². The standard InChI is InChI=1S/C21H24N4OS/c1-22-21(23-13-12-16-8-10-19(26-2)11-9-16)24-14-18-15-27-20(25-18)17-6-4-3-5-7-17/h3-11,15H,12-14H2,1-2H3,(H2,22,23,24). The number of benzene rings is 2. The summed E-state index contributed by atoms with van der Waals surface area (Å²) in [6.45, 7) is 1.45. The Bertz CT molecular complexity index is 859. The lowest BCUT2D eigenvalue weighted by Crippen LogP contribution is -2.37. The maximum Gasteiger partial charge on any atom is 0.191 e. The Labute approximate surface area is 164 Å². The molecule has 0 fully saturated rings. The minimum atomic E-state index is 0.644. The van der Waals surface area contributed by atoms with Gasteiger partial charge in [-0.15, -0.1) is 11.3 Å². The van der Waals surface area contributed by atoms with Crippen LogP contribution in [0.3, 0.4) is 0 Å². The minimum absolute atomic E-state index is 0.644. The van der Waals surface area contributed by atoms with Crippen molar-refractivity contribution in [2.75, 3.05) is 20.7 Å². The lowest BCUT2D eigenvalue weighted by molar-refractivity contribution is 0.414. The van der Waals surface area contributed by atoms with Gasteiger partial charge in [-0.05, 0) is 24.1 Å². The SMILES string of the molecule is CN=C(NCCc1ccc(OC)cc1)NCc1csc(-c2ccccc2)n1. The molecule has 0 aliphatic carbocycles. The van der Waals surface area contributed by atoms with Crippen LogP contribution in [0.25, 0.3) is 10.6 Å². The van der Waals surface area contributed by atoms with Crippen LogP contribution in [0.2, 0.25) is 0 Å². The lowest BCUT2D eigenvalue weighted by Gasteiger charge is -2.11. The van der Waals surface area contributed by atoms with E-state index >= 15 is 0 Å². The molecule has 0 aliphatic heterocycles. The molecule has 0 unspecified atom stereocenters. The number of hydrogen-bond acceptors (Lipinski definition) is 4. The van der Waals surface area contributed by atoms with Gasteiger partial charge >= 0.3 is 0 Å². The molecule has 6 heteroatoms. The number of guanidine groups is 1. The first-order valence-corrected chi connectivity index (χ1v) is 9.73. The maximum absolute atomic E-state index is 5.18. The van der Waals surface area contributed by atoms with Crippen LogP contribution in [-0.2, 0) is 13.0 Å². The van der Waals surface area contributed by atoms with E-state index < -0.39 is 0 Å². The largest absolute Gasteiger partial charge is 0.497 e. The summed E-state index contributed by atoms with van der Waals surface area (Å²) in [6, 6.07) is 18.4. The van der Waals surface area contributed by atoms with Gasteiger partial charge in [-0.25, -0.2) is 4.98 Å². The van der Waals surface area contributed by atoms with Gasteiger partial charge in [0.05, 0.1) is 19.3 Å². The molecule has 0 radical (unpaired) electrons. The monoisotopic (exact) mass is 380 g/mol. The van der Waals surface area contributed by atoms with Gasteiger partial charge in [-0.1, -0.05) is 42.5 Å². The van der Waals surface area contributed by atoms with E-state index in [0.717, 1.165) is 40.9 Å². The minimum Gasteiger partial charge on any atom is -0.497 e. The molecule has 27 heavy (non-hydrogen) atoms. The van der Waals surface area contributed by atoms with Gasteiger partial charge in [0.2, 0.25) is 0 Å². The molecule has 0 saturated carbocycles. The summed E-state index contributed by atoms with van der Waals surface area (Å²) in [5.41, 5.74) is 3.42. The van der Waals surface area contributed by atoms with Gasteiger partial charge in [0.15, 0.2) is 5.96 Å². The van der Waals surface area contributed by atoms with Gasteiger partial charge in [-0.2, -0.15) is 0 Å². The summed E-state index contributed by atoms with van der Waals surface area (Å²) in [5, 5.41) is 9.78. The number of nitrogens with one attached hydrogen (secondary N) is 2. The molecule has 0 aliphatic rings. The number of nitrogens with zero attached hydrogens (tertiary/aromatic N) is 2. The third-order valence-electron chi connectivity index (χ3n) is 4.10. The number of aliphatic imine (C=N–C) groups is 1. The zero-order valence-corrected chi connectivity index (χ0v) is 16.4. The number of thiazole rings is 1. The van der Waals surface area contributed by atoms with Crippen molar-refractivity contribution in [2.24, 2.45) is 4.99 Å². The molecular weight excluding hydrogens is 356 g/mol. The highest BCUT2D eigenvalue weighted by Gasteiger charge is 2.05. The van der Waals surface area contributed by atoms with Crippen molar-refractivity contribution in [3.8, 4) is 16.3 Å². The summed E-state index contributed by atoms with van der Waals surface area (Å²) in [6.07, 6.45) is 0.916. The zero-order valence-electron chi connectivity index (χ0n) is 15.6. The highest BCUT2D eigenvalue weighted by atomic mass is 32.1. The molecule has 0 atom stereocenters. The van der Waals surface area contributed by atoms with Crippen molar-refractivity contribution in [3.05, 3.63) is 71.2 Å². The van der Waals surface area contributed by atoms with Crippen LogP contribution in [0.4, 0.5) is 0 Å². The second-order valence-corrected chi connectivity index (χ2v) is 6.82. The van der Waals surface area contributed by atoms with Gasteiger partial charge in [0.25, 0.3) is 0 Å². The molecule has 3 rings (SSSR count). The molecule has 1 heterocycles. The Morgan fingerprint density at radius 3 is 2.56 bits per heavy atom. The van der Waals surface area contributed by atoms with Crippen molar-refractivity contribution in [3.63, 3.8) is 0 Å². The van der Waals surface area contributed by atoms with Gasteiger partial charge in [-0.3, -0.25) is 4.99 Å². The maximum atomic E-state index is 5.18. The summed E-state index contributed by atoms with van der Waals surface area (Å²) < 4.78 is 5.18. The zero-order chi connectivity index (χ0) is 18.9. The van der Waals surface area contributed by atoms with Crippen LogP contribution >= 0.6 is 11.3 Å². The summed E-state index contributed by atoms with van der Waals surface area (Å²) in [7, 11) is 3.45. The Hall–Kier alpha value is -2.86.